The second-order valence-electron chi connectivity index (χ2n) is 12.1. The third-order valence-electron chi connectivity index (χ3n) is 9.96. The SMILES string of the molecule is CC(C)CCC[C@H](C)[C@@H]1CC(=O)C2=C3CC[C@@H]4C[C@H](O)CC[C@]4(C)[C@H]3CC[C@@]21C. The van der Waals surface area contributed by atoms with E-state index >= 15 is 0 Å². The highest BCUT2D eigenvalue weighted by molar-refractivity contribution is 6.00. The number of fused-ring (bicyclic) bond motifs is 4. The highest BCUT2D eigenvalue weighted by atomic mass is 16.3. The van der Waals surface area contributed by atoms with Gasteiger partial charge in [0.1, 0.15) is 0 Å². The third-order valence-corrected chi connectivity index (χ3v) is 9.96. The van der Waals surface area contributed by atoms with Crippen LogP contribution in [0.2, 0.25) is 0 Å². The van der Waals surface area contributed by atoms with E-state index in [2.05, 4.69) is 34.6 Å². The summed E-state index contributed by atoms with van der Waals surface area (Å²) in [7, 11) is 0. The van der Waals surface area contributed by atoms with E-state index in [1.807, 2.05) is 0 Å². The number of ketones is 1. The van der Waals surface area contributed by atoms with Crippen molar-refractivity contribution < 1.29 is 9.90 Å². The summed E-state index contributed by atoms with van der Waals surface area (Å²) in [5.74, 6) is 3.70. The first kappa shape index (κ1) is 21.6. The number of hydrogen-bond acceptors (Lipinski definition) is 2. The Morgan fingerprint density at radius 1 is 1.07 bits per heavy atom. The molecule has 0 bridgehead atoms. The van der Waals surface area contributed by atoms with Crippen molar-refractivity contribution in [2.24, 2.45) is 40.4 Å². The zero-order valence-electron chi connectivity index (χ0n) is 19.6. The Kier molecular flexibility index (Phi) is 5.82. The fraction of sp³-hybridized carbons (Fsp3) is 0.889. The Morgan fingerprint density at radius 3 is 2.55 bits per heavy atom. The maximum atomic E-state index is 13.4. The van der Waals surface area contributed by atoms with E-state index in [1.165, 1.54) is 44.1 Å². The fourth-order valence-corrected chi connectivity index (χ4v) is 8.22. The lowest BCUT2D eigenvalue weighted by molar-refractivity contribution is -0.115. The second-order valence-corrected chi connectivity index (χ2v) is 12.1. The predicted molar refractivity (Wildman–Crippen MR) is 120 cm³/mol. The summed E-state index contributed by atoms with van der Waals surface area (Å²) in [6.07, 6.45) is 12.4. The van der Waals surface area contributed by atoms with Crippen LogP contribution in [0.25, 0.3) is 0 Å². The number of carbonyl (C=O) groups is 1. The monoisotopic (exact) mass is 400 g/mol. The molecule has 4 aliphatic rings. The van der Waals surface area contributed by atoms with Gasteiger partial charge in [0.2, 0.25) is 0 Å². The largest absolute Gasteiger partial charge is 0.393 e. The molecule has 0 aliphatic heterocycles. The molecule has 4 aliphatic carbocycles. The average molecular weight is 401 g/mol. The molecule has 3 fully saturated rings. The van der Waals surface area contributed by atoms with Gasteiger partial charge in [-0.05, 0) is 85.4 Å². The van der Waals surface area contributed by atoms with Gasteiger partial charge in [-0.15, -0.1) is 0 Å². The summed E-state index contributed by atoms with van der Waals surface area (Å²) in [5, 5.41) is 10.2. The summed E-state index contributed by atoms with van der Waals surface area (Å²) in [5.41, 5.74) is 3.29. The van der Waals surface area contributed by atoms with Gasteiger partial charge in [-0.1, -0.05) is 59.5 Å². The first-order chi connectivity index (χ1) is 13.7. The molecule has 2 heteroatoms. The Bertz CT molecular complexity index is 676. The van der Waals surface area contributed by atoms with Crippen molar-refractivity contribution in [1.29, 1.82) is 0 Å². The van der Waals surface area contributed by atoms with Gasteiger partial charge >= 0.3 is 0 Å². The molecule has 2 nitrogen and oxygen atoms in total. The molecule has 0 aromatic heterocycles. The van der Waals surface area contributed by atoms with Crippen molar-refractivity contribution >= 4 is 5.78 Å². The smallest absolute Gasteiger partial charge is 0.159 e. The first-order valence-electron chi connectivity index (χ1n) is 12.6. The van der Waals surface area contributed by atoms with Crippen LogP contribution in [0, 0.1) is 40.4 Å². The number of carbonyl (C=O) groups excluding carboxylic acids is 1. The maximum absolute atomic E-state index is 13.4. The Labute approximate surface area is 178 Å². The maximum Gasteiger partial charge on any atom is 0.159 e. The molecule has 7 atom stereocenters. The molecule has 1 N–H and O–H groups in total. The normalized spacial score (nSPS) is 43.2. The van der Waals surface area contributed by atoms with Crippen LogP contribution in [-0.2, 0) is 4.79 Å². The number of hydrogen-bond donors (Lipinski definition) is 1. The molecule has 0 aromatic rings. The zero-order chi connectivity index (χ0) is 21.0. The highest BCUT2D eigenvalue weighted by Gasteiger charge is 2.57. The van der Waals surface area contributed by atoms with E-state index < -0.39 is 0 Å². The Morgan fingerprint density at radius 2 is 1.83 bits per heavy atom. The summed E-state index contributed by atoms with van der Waals surface area (Å²) >= 11 is 0. The first-order valence-corrected chi connectivity index (χ1v) is 12.6. The van der Waals surface area contributed by atoms with Gasteiger partial charge in [0.25, 0.3) is 0 Å². The van der Waals surface area contributed by atoms with Crippen molar-refractivity contribution in [2.75, 3.05) is 0 Å². The number of aliphatic hydroxyl groups is 1. The molecule has 0 spiro atoms. The Balaban J connectivity index is 1.59. The quantitative estimate of drug-likeness (QED) is 0.556. The molecule has 29 heavy (non-hydrogen) atoms. The molecule has 0 radical (unpaired) electrons. The van der Waals surface area contributed by atoms with Crippen LogP contribution in [0.1, 0.15) is 105 Å². The van der Waals surface area contributed by atoms with Crippen LogP contribution < -0.4 is 0 Å². The molecule has 0 aromatic carbocycles. The molecular formula is C27H44O2. The predicted octanol–water partition coefficient (Wildman–Crippen LogP) is 6.71. The molecule has 0 heterocycles. The lowest BCUT2D eigenvalue weighted by Crippen LogP contribution is -2.48. The average Bonchev–Trinajstić information content (AvgIpc) is 2.93. The van der Waals surface area contributed by atoms with Crippen LogP contribution in [-0.4, -0.2) is 17.0 Å². The van der Waals surface area contributed by atoms with Crippen molar-refractivity contribution in [3.05, 3.63) is 11.1 Å². The number of rotatable bonds is 5. The summed E-state index contributed by atoms with van der Waals surface area (Å²) < 4.78 is 0. The van der Waals surface area contributed by atoms with Gasteiger partial charge in [-0.3, -0.25) is 4.79 Å². The standard InChI is InChI=1S/C27H44O2/c1-17(2)7-6-8-18(3)23-16-24(29)25-21-10-9-19-15-20(28)11-13-26(19,4)22(21)12-14-27(23,25)5/h17-20,22-23,28H,6-16H2,1-5H3/t18-,19+,20+,22-,23-,26-,27+/m0/s1. The minimum absolute atomic E-state index is 0.0969. The molecule has 3 saturated carbocycles. The van der Waals surface area contributed by atoms with Crippen LogP contribution in [0.3, 0.4) is 0 Å². The number of allylic oxidation sites excluding steroid dienone is 2. The van der Waals surface area contributed by atoms with E-state index in [0.29, 0.717) is 34.9 Å². The lowest BCUT2D eigenvalue weighted by Gasteiger charge is -2.56. The van der Waals surface area contributed by atoms with Gasteiger partial charge < -0.3 is 5.11 Å². The fourth-order valence-electron chi connectivity index (χ4n) is 8.22. The van der Waals surface area contributed by atoms with E-state index in [4.69, 9.17) is 0 Å². The molecule has 4 rings (SSSR count). The van der Waals surface area contributed by atoms with Gasteiger partial charge in [-0.2, -0.15) is 0 Å². The van der Waals surface area contributed by atoms with Gasteiger partial charge in [0, 0.05) is 12.0 Å². The molecule has 0 unspecified atom stereocenters. The van der Waals surface area contributed by atoms with Crippen LogP contribution in [0.15, 0.2) is 11.1 Å². The van der Waals surface area contributed by atoms with Crippen molar-refractivity contribution in [3.63, 3.8) is 0 Å². The molecule has 0 saturated heterocycles. The molecule has 164 valence electrons. The van der Waals surface area contributed by atoms with Crippen LogP contribution in [0.5, 0.6) is 0 Å². The minimum Gasteiger partial charge on any atom is -0.393 e. The second kappa shape index (κ2) is 7.81. The lowest BCUT2D eigenvalue weighted by atomic mass is 9.48. The van der Waals surface area contributed by atoms with E-state index in [1.54, 1.807) is 5.57 Å². The molecule has 0 amide bonds. The summed E-state index contributed by atoms with van der Waals surface area (Å²) in [6.45, 7) is 12.0. The minimum atomic E-state index is -0.0969. The van der Waals surface area contributed by atoms with Crippen LogP contribution in [0.4, 0.5) is 0 Å². The third kappa shape index (κ3) is 3.56. The summed E-state index contributed by atoms with van der Waals surface area (Å²) in [6, 6.07) is 0. The van der Waals surface area contributed by atoms with E-state index in [9.17, 15) is 9.90 Å². The zero-order valence-corrected chi connectivity index (χ0v) is 19.6. The Hall–Kier alpha value is -0.630. The topological polar surface area (TPSA) is 37.3 Å². The van der Waals surface area contributed by atoms with Gasteiger partial charge in [-0.25, -0.2) is 0 Å². The van der Waals surface area contributed by atoms with Gasteiger partial charge in [0.15, 0.2) is 5.78 Å². The summed E-state index contributed by atoms with van der Waals surface area (Å²) in [4.78, 5) is 13.4. The number of Topliss-reactive ketones (excluding diaryl/α,β-unsaturated/α-hetero) is 1. The van der Waals surface area contributed by atoms with Gasteiger partial charge in [0.05, 0.1) is 6.10 Å². The van der Waals surface area contributed by atoms with Crippen molar-refractivity contribution in [2.45, 2.75) is 111 Å². The van der Waals surface area contributed by atoms with Crippen molar-refractivity contribution in [3.8, 4) is 0 Å². The molecular weight excluding hydrogens is 356 g/mol. The van der Waals surface area contributed by atoms with Crippen LogP contribution >= 0.6 is 0 Å². The van der Waals surface area contributed by atoms with Crippen molar-refractivity contribution in [1.82, 2.24) is 0 Å². The van der Waals surface area contributed by atoms with E-state index in [-0.39, 0.29) is 11.5 Å². The van der Waals surface area contributed by atoms with E-state index in [0.717, 1.165) is 38.0 Å². The number of aliphatic hydroxyl groups excluding tert-OH is 1. The highest BCUT2D eigenvalue weighted by Crippen LogP contribution is 2.65.